The van der Waals surface area contributed by atoms with E-state index in [-0.39, 0.29) is 30.0 Å². The number of aromatic nitrogens is 2. The molecule has 1 aromatic heterocycles. The highest BCUT2D eigenvalue weighted by molar-refractivity contribution is 7.90. The fourth-order valence-electron chi connectivity index (χ4n) is 2.87. The van der Waals surface area contributed by atoms with Crippen molar-refractivity contribution in [1.82, 2.24) is 15.1 Å². The van der Waals surface area contributed by atoms with Crippen LogP contribution in [-0.2, 0) is 35.7 Å². The van der Waals surface area contributed by atoms with Crippen LogP contribution in [-0.4, -0.2) is 49.8 Å². The fourth-order valence-corrected chi connectivity index (χ4v) is 4.37. The van der Waals surface area contributed by atoms with Gasteiger partial charge in [-0.05, 0) is 19.1 Å². The number of anilines is 1. The van der Waals surface area contributed by atoms with Gasteiger partial charge in [-0.2, -0.15) is 5.10 Å². The first kappa shape index (κ1) is 19.1. The number of amides is 2. The topological polar surface area (TPSA) is 119 Å². The highest BCUT2D eigenvalue weighted by Gasteiger charge is 2.33. The van der Waals surface area contributed by atoms with E-state index in [9.17, 15) is 18.0 Å². The maximum atomic E-state index is 12.3. The van der Waals surface area contributed by atoms with E-state index in [1.807, 2.05) is 6.07 Å². The SMILES string of the molecule is COCC(C)NC(=O)C(=O)Nc1c2c(nn1-c1ccccc1)CS(=O)(=O)C2. The van der Waals surface area contributed by atoms with E-state index in [1.54, 1.807) is 31.2 Å². The summed E-state index contributed by atoms with van der Waals surface area (Å²) in [6.45, 7) is 1.96. The summed E-state index contributed by atoms with van der Waals surface area (Å²) in [5.74, 6) is -1.97. The van der Waals surface area contributed by atoms with Gasteiger partial charge in [-0.25, -0.2) is 13.1 Å². The molecule has 1 unspecified atom stereocenters. The van der Waals surface area contributed by atoms with Crippen LogP contribution in [0.4, 0.5) is 5.82 Å². The summed E-state index contributed by atoms with van der Waals surface area (Å²) in [5.41, 5.74) is 1.43. The number of carbonyl (C=O) groups excluding carboxylic acids is 2. The van der Waals surface area contributed by atoms with Crippen molar-refractivity contribution >= 4 is 27.5 Å². The van der Waals surface area contributed by atoms with Crippen molar-refractivity contribution in [2.45, 2.75) is 24.5 Å². The molecule has 1 atom stereocenters. The molecule has 10 heteroatoms. The van der Waals surface area contributed by atoms with Gasteiger partial charge in [0.2, 0.25) is 0 Å². The van der Waals surface area contributed by atoms with E-state index in [0.29, 0.717) is 16.9 Å². The van der Waals surface area contributed by atoms with Crippen LogP contribution >= 0.6 is 0 Å². The molecule has 144 valence electrons. The summed E-state index contributed by atoms with van der Waals surface area (Å²) >= 11 is 0. The zero-order valence-electron chi connectivity index (χ0n) is 14.9. The minimum atomic E-state index is -3.31. The fraction of sp³-hybridized carbons (Fsp3) is 0.353. The number of nitrogens with one attached hydrogen (secondary N) is 2. The Morgan fingerprint density at radius 1 is 1.22 bits per heavy atom. The van der Waals surface area contributed by atoms with E-state index in [1.165, 1.54) is 11.8 Å². The molecule has 1 aromatic carbocycles. The Bertz CT molecular complexity index is 969. The number of hydrogen-bond donors (Lipinski definition) is 2. The van der Waals surface area contributed by atoms with Gasteiger partial charge in [0.05, 0.1) is 29.5 Å². The van der Waals surface area contributed by atoms with Gasteiger partial charge in [-0.3, -0.25) is 9.59 Å². The molecule has 27 heavy (non-hydrogen) atoms. The zero-order chi connectivity index (χ0) is 19.6. The average Bonchev–Trinajstić information content (AvgIpc) is 3.08. The van der Waals surface area contributed by atoms with Crippen molar-refractivity contribution in [1.29, 1.82) is 0 Å². The van der Waals surface area contributed by atoms with Gasteiger partial charge >= 0.3 is 11.8 Å². The Labute approximate surface area is 156 Å². The average molecular weight is 392 g/mol. The molecule has 0 bridgehead atoms. The molecule has 2 heterocycles. The lowest BCUT2D eigenvalue weighted by molar-refractivity contribution is -0.136. The van der Waals surface area contributed by atoms with Crippen LogP contribution in [0.3, 0.4) is 0 Å². The first-order valence-corrected chi connectivity index (χ1v) is 10.1. The second-order valence-corrected chi connectivity index (χ2v) is 8.40. The summed E-state index contributed by atoms with van der Waals surface area (Å²) < 4.78 is 30.2. The van der Waals surface area contributed by atoms with E-state index in [4.69, 9.17) is 4.74 Å². The third-order valence-electron chi connectivity index (χ3n) is 4.02. The Balaban J connectivity index is 1.90. The van der Waals surface area contributed by atoms with Crippen LogP contribution in [0.2, 0.25) is 0 Å². The van der Waals surface area contributed by atoms with E-state index < -0.39 is 21.7 Å². The highest BCUT2D eigenvalue weighted by atomic mass is 32.2. The number of para-hydroxylation sites is 1. The summed E-state index contributed by atoms with van der Waals surface area (Å²) in [6, 6.07) is 8.61. The molecule has 1 aliphatic heterocycles. The highest BCUT2D eigenvalue weighted by Crippen LogP contribution is 2.32. The van der Waals surface area contributed by atoms with E-state index in [0.717, 1.165) is 0 Å². The van der Waals surface area contributed by atoms with Crippen molar-refractivity contribution < 1.29 is 22.7 Å². The van der Waals surface area contributed by atoms with Crippen LogP contribution in [0.1, 0.15) is 18.2 Å². The number of ether oxygens (including phenoxy) is 1. The largest absolute Gasteiger partial charge is 0.383 e. The monoisotopic (exact) mass is 392 g/mol. The number of methoxy groups -OCH3 is 1. The molecule has 0 fully saturated rings. The first-order chi connectivity index (χ1) is 12.8. The maximum Gasteiger partial charge on any atom is 0.314 e. The third kappa shape index (κ3) is 4.17. The van der Waals surface area contributed by atoms with Crippen LogP contribution in [0, 0.1) is 0 Å². The molecular weight excluding hydrogens is 372 g/mol. The van der Waals surface area contributed by atoms with Crippen molar-refractivity contribution in [3.63, 3.8) is 0 Å². The van der Waals surface area contributed by atoms with Crippen LogP contribution in [0.25, 0.3) is 5.69 Å². The van der Waals surface area contributed by atoms with Crippen LogP contribution in [0.15, 0.2) is 30.3 Å². The third-order valence-corrected chi connectivity index (χ3v) is 5.46. The molecule has 2 N–H and O–H groups in total. The Kier molecular flexibility index (Phi) is 5.29. The summed E-state index contributed by atoms with van der Waals surface area (Å²) in [5, 5.41) is 9.36. The molecule has 0 radical (unpaired) electrons. The predicted molar refractivity (Wildman–Crippen MR) is 98.0 cm³/mol. The van der Waals surface area contributed by atoms with Crippen molar-refractivity contribution in [2.75, 3.05) is 19.0 Å². The normalized spacial score (nSPS) is 15.8. The van der Waals surface area contributed by atoms with Crippen LogP contribution < -0.4 is 10.6 Å². The Morgan fingerprint density at radius 3 is 2.59 bits per heavy atom. The number of nitrogens with zero attached hydrogens (tertiary/aromatic N) is 2. The summed E-state index contributed by atoms with van der Waals surface area (Å²) in [6.07, 6.45) is 0. The van der Waals surface area contributed by atoms with Gasteiger partial charge in [0.15, 0.2) is 9.84 Å². The van der Waals surface area contributed by atoms with Crippen molar-refractivity contribution in [2.24, 2.45) is 0 Å². The zero-order valence-corrected chi connectivity index (χ0v) is 15.7. The van der Waals surface area contributed by atoms with E-state index in [2.05, 4.69) is 15.7 Å². The molecular formula is C17H20N4O5S. The van der Waals surface area contributed by atoms with E-state index >= 15 is 0 Å². The molecule has 2 aromatic rings. The lowest BCUT2D eigenvalue weighted by Crippen LogP contribution is -2.42. The lowest BCUT2D eigenvalue weighted by Gasteiger charge is -2.14. The number of fused-ring (bicyclic) bond motifs is 1. The number of hydrogen-bond acceptors (Lipinski definition) is 6. The summed E-state index contributed by atoms with van der Waals surface area (Å²) in [7, 11) is -1.82. The van der Waals surface area contributed by atoms with Gasteiger partial charge in [0.25, 0.3) is 0 Å². The predicted octanol–water partition coefficient (Wildman–Crippen LogP) is 0.390. The molecule has 9 nitrogen and oxygen atoms in total. The second-order valence-electron chi connectivity index (χ2n) is 6.34. The second kappa shape index (κ2) is 7.49. The molecule has 0 spiro atoms. The minimum Gasteiger partial charge on any atom is -0.383 e. The first-order valence-electron chi connectivity index (χ1n) is 8.28. The van der Waals surface area contributed by atoms with Gasteiger partial charge in [-0.15, -0.1) is 0 Å². The number of rotatable bonds is 5. The number of sulfone groups is 1. The minimum absolute atomic E-state index is 0.191. The lowest BCUT2D eigenvalue weighted by atomic mass is 10.2. The van der Waals surface area contributed by atoms with Crippen LogP contribution in [0.5, 0.6) is 0 Å². The standard InChI is InChI=1S/C17H20N4O5S/c1-11(8-26-2)18-16(22)17(23)19-15-13-9-27(24,25)10-14(13)20-21(15)12-6-4-3-5-7-12/h3-7,11H,8-10H2,1-2H3,(H,18,22)(H,19,23). The van der Waals surface area contributed by atoms with Gasteiger partial charge in [0, 0.05) is 18.7 Å². The smallest absolute Gasteiger partial charge is 0.314 e. The van der Waals surface area contributed by atoms with Crippen molar-refractivity contribution in [3.05, 3.63) is 41.6 Å². The molecule has 0 saturated heterocycles. The quantitative estimate of drug-likeness (QED) is 0.711. The maximum absolute atomic E-state index is 12.3. The number of carbonyl (C=O) groups is 2. The Morgan fingerprint density at radius 2 is 1.93 bits per heavy atom. The summed E-state index contributed by atoms with van der Waals surface area (Å²) in [4.78, 5) is 24.4. The number of benzene rings is 1. The molecule has 2 amide bonds. The molecule has 3 rings (SSSR count). The van der Waals surface area contributed by atoms with Gasteiger partial charge in [-0.1, -0.05) is 18.2 Å². The van der Waals surface area contributed by atoms with Gasteiger partial charge in [0.1, 0.15) is 5.82 Å². The van der Waals surface area contributed by atoms with Crippen molar-refractivity contribution in [3.8, 4) is 5.69 Å². The molecule has 1 aliphatic rings. The molecule has 0 saturated carbocycles. The van der Waals surface area contributed by atoms with Gasteiger partial charge < -0.3 is 15.4 Å². The molecule has 0 aliphatic carbocycles. The Hall–Kier alpha value is -2.72.